The van der Waals surface area contributed by atoms with Gasteiger partial charge in [0.1, 0.15) is 0 Å². The van der Waals surface area contributed by atoms with Crippen molar-refractivity contribution in [1.29, 1.82) is 0 Å². The third-order valence-electron chi connectivity index (χ3n) is 4.15. The van der Waals surface area contributed by atoms with Gasteiger partial charge in [0.15, 0.2) is 0 Å². The average molecular weight is 239 g/mol. The number of carbonyl (C=O) groups is 1. The smallest absolute Gasteiger partial charge is 0.407 e. The molecule has 0 aliphatic heterocycles. The van der Waals surface area contributed by atoms with Crippen LogP contribution in [-0.2, 0) is 4.74 Å². The van der Waals surface area contributed by atoms with Crippen LogP contribution in [0.2, 0.25) is 0 Å². The Morgan fingerprint density at radius 1 is 1.18 bits per heavy atom. The predicted molar refractivity (Wildman–Crippen MR) is 67.8 cm³/mol. The van der Waals surface area contributed by atoms with Crippen LogP contribution >= 0.6 is 0 Å². The summed E-state index contributed by atoms with van der Waals surface area (Å²) in [6.45, 7) is 4.53. The van der Waals surface area contributed by atoms with Crippen molar-refractivity contribution in [3.63, 3.8) is 0 Å². The van der Waals surface area contributed by atoms with Crippen LogP contribution in [0.1, 0.15) is 52.4 Å². The molecule has 2 aliphatic rings. The van der Waals surface area contributed by atoms with E-state index in [2.05, 4.69) is 5.32 Å². The molecule has 3 nitrogen and oxygen atoms in total. The van der Waals surface area contributed by atoms with E-state index in [1.54, 1.807) is 0 Å². The van der Waals surface area contributed by atoms with Crippen molar-refractivity contribution >= 4 is 6.09 Å². The van der Waals surface area contributed by atoms with Crippen molar-refractivity contribution in [1.82, 2.24) is 5.32 Å². The maximum Gasteiger partial charge on any atom is 0.407 e. The molecule has 2 saturated carbocycles. The standard InChI is InChI=1S/C14H25NO2/c1-10(2)15-14(16)17-9-13-11-7-5-3-4-6-8-12(11)13/h10-13H,3-9H2,1-2H3,(H,15,16). The second-order valence-corrected chi connectivity index (χ2v) is 5.88. The first-order valence-corrected chi connectivity index (χ1v) is 7.12. The molecule has 2 aliphatic carbocycles. The second-order valence-electron chi connectivity index (χ2n) is 5.88. The maximum atomic E-state index is 11.4. The van der Waals surface area contributed by atoms with Crippen LogP contribution in [0, 0.1) is 17.8 Å². The van der Waals surface area contributed by atoms with Gasteiger partial charge in [-0.05, 0) is 44.4 Å². The number of hydrogen-bond acceptors (Lipinski definition) is 2. The van der Waals surface area contributed by atoms with Gasteiger partial charge in [-0.1, -0.05) is 25.7 Å². The molecule has 0 radical (unpaired) electrons. The normalized spacial score (nSPS) is 32.3. The van der Waals surface area contributed by atoms with E-state index in [4.69, 9.17) is 4.74 Å². The minimum atomic E-state index is -0.251. The Balaban J connectivity index is 1.68. The minimum Gasteiger partial charge on any atom is -0.449 e. The summed E-state index contributed by atoms with van der Waals surface area (Å²) in [7, 11) is 0. The lowest BCUT2D eigenvalue weighted by Crippen LogP contribution is -2.31. The van der Waals surface area contributed by atoms with Gasteiger partial charge in [0.2, 0.25) is 0 Å². The highest BCUT2D eigenvalue weighted by molar-refractivity contribution is 5.67. The molecule has 0 bridgehead atoms. The molecule has 98 valence electrons. The summed E-state index contributed by atoms with van der Waals surface area (Å²) in [5.41, 5.74) is 0. The number of rotatable bonds is 3. The van der Waals surface area contributed by atoms with Crippen LogP contribution in [0.15, 0.2) is 0 Å². The highest BCUT2D eigenvalue weighted by Crippen LogP contribution is 2.53. The average Bonchev–Trinajstić information content (AvgIpc) is 2.84. The summed E-state index contributed by atoms with van der Waals surface area (Å²) in [4.78, 5) is 11.4. The summed E-state index contributed by atoms with van der Waals surface area (Å²) in [6.07, 6.45) is 7.98. The molecule has 0 heterocycles. The van der Waals surface area contributed by atoms with E-state index in [0.29, 0.717) is 12.5 Å². The van der Waals surface area contributed by atoms with E-state index in [1.807, 2.05) is 13.8 Å². The molecular weight excluding hydrogens is 214 g/mol. The van der Waals surface area contributed by atoms with E-state index in [-0.39, 0.29) is 12.1 Å². The molecule has 2 fully saturated rings. The highest BCUT2D eigenvalue weighted by atomic mass is 16.5. The molecule has 2 rings (SSSR count). The van der Waals surface area contributed by atoms with Crippen molar-refractivity contribution in [3.05, 3.63) is 0 Å². The van der Waals surface area contributed by atoms with Crippen LogP contribution in [0.25, 0.3) is 0 Å². The van der Waals surface area contributed by atoms with Gasteiger partial charge in [-0.15, -0.1) is 0 Å². The van der Waals surface area contributed by atoms with Gasteiger partial charge in [-0.2, -0.15) is 0 Å². The van der Waals surface area contributed by atoms with Gasteiger partial charge in [-0.3, -0.25) is 0 Å². The summed E-state index contributed by atoms with van der Waals surface area (Å²) < 4.78 is 5.30. The summed E-state index contributed by atoms with van der Waals surface area (Å²) in [5.74, 6) is 2.36. The molecule has 0 aromatic rings. The van der Waals surface area contributed by atoms with Gasteiger partial charge < -0.3 is 10.1 Å². The quantitative estimate of drug-likeness (QED) is 0.820. The van der Waals surface area contributed by atoms with Crippen LogP contribution < -0.4 is 5.32 Å². The zero-order chi connectivity index (χ0) is 12.3. The van der Waals surface area contributed by atoms with Gasteiger partial charge in [0.05, 0.1) is 6.61 Å². The van der Waals surface area contributed by atoms with Crippen LogP contribution in [0.5, 0.6) is 0 Å². The Morgan fingerprint density at radius 3 is 2.29 bits per heavy atom. The first-order chi connectivity index (χ1) is 8.18. The molecule has 17 heavy (non-hydrogen) atoms. The SMILES string of the molecule is CC(C)NC(=O)OCC1C2CCCCCCC21. The molecule has 1 N–H and O–H groups in total. The van der Waals surface area contributed by atoms with Crippen LogP contribution in [-0.4, -0.2) is 18.7 Å². The lowest BCUT2D eigenvalue weighted by molar-refractivity contribution is 0.135. The Bertz CT molecular complexity index is 251. The summed E-state index contributed by atoms with van der Waals surface area (Å²) in [6, 6.07) is 0.162. The van der Waals surface area contributed by atoms with Crippen molar-refractivity contribution in [2.24, 2.45) is 17.8 Å². The number of hydrogen-bond donors (Lipinski definition) is 1. The number of ether oxygens (including phenoxy) is 1. The van der Waals surface area contributed by atoms with Gasteiger partial charge in [0.25, 0.3) is 0 Å². The fraction of sp³-hybridized carbons (Fsp3) is 0.929. The third kappa shape index (κ3) is 3.62. The zero-order valence-electron chi connectivity index (χ0n) is 11.1. The monoisotopic (exact) mass is 239 g/mol. The number of fused-ring (bicyclic) bond motifs is 1. The molecule has 0 aromatic carbocycles. The lowest BCUT2D eigenvalue weighted by Gasteiger charge is -2.09. The number of nitrogens with one attached hydrogen (secondary N) is 1. The first-order valence-electron chi connectivity index (χ1n) is 7.12. The van der Waals surface area contributed by atoms with Crippen molar-refractivity contribution < 1.29 is 9.53 Å². The predicted octanol–water partition coefficient (Wildman–Crippen LogP) is 3.34. The summed E-state index contributed by atoms with van der Waals surface area (Å²) in [5, 5.41) is 2.77. The van der Waals surface area contributed by atoms with E-state index >= 15 is 0 Å². The minimum absolute atomic E-state index is 0.162. The van der Waals surface area contributed by atoms with Crippen LogP contribution in [0.3, 0.4) is 0 Å². The largest absolute Gasteiger partial charge is 0.449 e. The lowest BCUT2D eigenvalue weighted by atomic mass is 10.0. The maximum absolute atomic E-state index is 11.4. The third-order valence-corrected chi connectivity index (χ3v) is 4.15. The molecule has 0 spiro atoms. The van der Waals surface area contributed by atoms with Crippen molar-refractivity contribution in [2.75, 3.05) is 6.61 Å². The van der Waals surface area contributed by atoms with Gasteiger partial charge in [0, 0.05) is 6.04 Å². The summed E-state index contributed by atoms with van der Waals surface area (Å²) >= 11 is 0. The van der Waals surface area contributed by atoms with E-state index in [9.17, 15) is 4.79 Å². The molecule has 1 amide bonds. The van der Waals surface area contributed by atoms with E-state index in [0.717, 1.165) is 11.8 Å². The molecular formula is C14H25NO2. The van der Waals surface area contributed by atoms with Gasteiger partial charge >= 0.3 is 6.09 Å². The first kappa shape index (κ1) is 12.7. The zero-order valence-corrected chi connectivity index (χ0v) is 11.1. The van der Waals surface area contributed by atoms with E-state index < -0.39 is 0 Å². The molecule has 3 heteroatoms. The molecule has 0 saturated heterocycles. The molecule has 2 unspecified atom stereocenters. The molecule has 0 aromatic heterocycles. The number of amides is 1. The second kappa shape index (κ2) is 5.74. The van der Waals surface area contributed by atoms with E-state index in [1.165, 1.54) is 38.5 Å². The van der Waals surface area contributed by atoms with Crippen molar-refractivity contribution in [2.45, 2.75) is 58.4 Å². The fourth-order valence-corrected chi connectivity index (χ4v) is 3.19. The topological polar surface area (TPSA) is 38.3 Å². The number of alkyl carbamates (subject to hydrolysis) is 1. The fourth-order valence-electron chi connectivity index (χ4n) is 3.19. The van der Waals surface area contributed by atoms with Crippen molar-refractivity contribution in [3.8, 4) is 0 Å². The Kier molecular flexibility index (Phi) is 4.30. The Morgan fingerprint density at radius 2 is 1.76 bits per heavy atom. The van der Waals surface area contributed by atoms with Crippen LogP contribution in [0.4, 0.5) is 4.79 Å². The molecule has 2 atom stereocenters. The number of carbonyl (C=O) groups excluding carboxylic acids is 1. The van der Waals surface area contributed by atoms with Gasteiger partial charge in [-0.25, -0.2) is 4.79 Å². The Labute approximate surface area is 104 Å². The highest BCUT2D eigenvalue weighted by Gasteiger charge is 2.49. The Hall–Kier alpha value is -0.730.